The lowest BCUT2D eigenvalue weighted by Gasteiger charge is -1.97. The third kappa shape index (κ3) is 1.64. The van der Waals surface area contributed by atoms with Gasteiger partial charge in [0, 0.05) is 5.33 Å². The summed E-state index contributed by atoms with van der Waals surface area (Å²) in [6, 6.07) is 9.11. The second-order valence-electron chi connectivity index (χ2n) is 2.23. The molecule has 0 saturated heterocycles. The molecule has 1 aromatic carbocycles. The fourth-order valence-electron chi connectivity index (χ4n) is 0.867. The first-order valence-electron chi connectivity index (χ1n) is 3.31. The van der Waals surface area contributed by atoms with Crippen molar-refractivity contribution < 1.29 is 0 Å². The Kier molecular flexibility index (Phi) is 2.85. The Balaban J connectivity index is 3.24. The molecule has 0 aliphatic heterocycles. The first-order valence-corrected chi connectivity index (χ1v) is 4.43. The Morgan fingerprint density at radius 1 is 1.25 bits per heavy atom. The van der Waals surface area contributed by atoms with Gasteiger partial charge in [-0.25, -0.2) is 0 Å². The second kappa shape index (κ2) is 3.90. The van der Waals surface area contributed by atoms with Crippen LogP contribution in [0.2, 0.25) is 0 Å². The average molecular weight is 221 g/mol. The van der Waals surface area contributed by atoms with Gasteiger partial charge in [0.1, 0.15) is 0 Å². The first kappa shape index (κ1) is 8.77. The van der Waals surface area contributed by atoms with Crippen LogP contribution in [0.5, 0.6) is 0 Å². The number of nitrogens with zero attached hydrogens (tertiary/aromatic N) is 2. The first-order chi connectivity index (χ1) is 5.81. The van der Waals surface area contributed by atoms with Crippen molar-refractivity contribution in [2.24, 2.45) is 0 Å². The predicted molar refractivity (Wildman–Crippen MR) is 48.5 cm³/mol. The summed E-state index contributed by atoms with van der Waals surface area (Å²) in [7, 11) is 0. The van der Waals surface area contributed by atoms with Crippen molar-refractivity contribution in [2.45, 2.75) is 5.33 Å². The lowest BCUT2D eigenvalue weighted by atomic mass is 10.1. The summed E-state index contributed by atoms with van der Waals surface area (Å²) in [5.74, 6) is 0. The highest BCUT2D eigenvalue weighted by molar-refractivity contribution is 9.08. The lowest BCUT2D eigenvalue weighted by molar-refractivity contribution is 1.35. The predicted octanol–water partition coefficient (Wildman–Crippen LogP) is 2.32. The largest absolute Gasteiger partial charge is 0.192 e. The van der Waals surface area contributed by atoms with Gasteiger partial charge in [0.25, 0.3) is 0 Å². The lowest BCUT2D eigenvalue weighted by Crippen LogP contribution is -1.86. The van der Waals surface area contributed by atoms with Crippen molar-refractivity contribution in [3.63, 3.8) is 0 Å². The van der Waals surface area contributed by atoms with Gasteiger partial charge >= 0.3 is 0 Å². The molecular formula is C9H5BrN2. The smallest absolute Gasteiger partial charge is 0.0995 e. The third-order valence-corrected chi connectivity index (χ3v) is 2.11. The van der Waals surface area contributed by atoms with Gasteiger partial charge in [0.05, 0.1) is 23.3 Å². The van der Waals surface area contributed by atoms with E-state index in [0.29, 0.717) is 16.5 Å². The van der Waals surface area contributed by atoms with Crippen molar-refractivity contribution in [3.8, 4) is 12.1 Å². The summed E-state index contributed by atoms with van der Waals surface area (Å²) in [6.45, 7) is 0. The van der Waals surface area contributed by atoms with Gasteiger partial charge in [-0.15, -0.1) is 0 Å². The van der Waals surface area contributed by atoms with Gasteiger partial charge in [-0.05, 0) is 17.7 Å². The molecule has 2 nitrogen and oxygen atoms in total. The van der Waals surface area contributed by atoms with E-state index in [1.807, 2.05) is 12.1 Å². The number of hydrogen-bond acceptors (Lipinski definition) is 2. The monoisotopic (exact) mass is 220 g/mol. The number of halogens is 1. The zero-order valence-electron chi connectivity index (χ0n) is 6.21. The molecule has 3 heteroatoms. The molecule has 0 atom stereocenters. The Labute approximate surface area is 79.2 Å². The van der Waals surface area contributed by atoms with E-state index in [9.17, 15) is 0 Å². The van der Waals surface area contributed by atoms with E-state index in [1.165, 1.54) is 0 Å². The summed E-state index contributed by atoms with van der Waals surface area (Å²) < 4.78 is 0. The maximum atomic E-state index is 8.69. The molecule has 0 bridgehead atoms. The topological polar surface area (TPSA) is 47.6 Å². The zero-order chi connectivity index (χ0) is 8.97. The van der Waals surface area contributed by atoms with Crippen LogP contribution < -0.4 is 0 Å². The van der Waals surface area contributed by atoms with Crippen LogP contribution in [0.1, 0.15) is 16.7 Å². The van der Waals surface area contributed by atoms with Gasteiger partial charge in [-0.2, -0.15) is 10.5 Å². The molecule has 1 rings (SSSR count). The Morgan fingerprint density at radius 2 is 2.00 bits per heavy atom. The molecule has 0 spiro atoms. The molecule has 0 N–H and O–H groups in total. The van der Waals surface area contributed by atoms with Crippen LogP contribution in [0.3, 0.4) is 0 Å². The van der Waals surface area contributed by atoms with Crippen molar-refractivity contribution in [1.29, 1.82) is 10.5 Å². The molecule has 0 aliphatic carbocycles. The van der Waals surface area contributed by atoms with Crippen LogP contribution >= 0.6 is 15.9 Å². The molecule has 0 aliphatic rings. The van der Waals surface area contributed by atoms with Gasteiger partial charge in [0.2, 0.25) is 0 Å². The highest BCUT2D eigenvalue weighted by Gasteiger charge is 2.00. The molecule has 0 radical (unpaired) electrons. The second-order valence-corrected chi connectivity index (χ2v) is 2.79. The van der Waals surface area contributed by atoms with Gasteiger partial charge in [-0.1, -0.05) is 22.0 Å². The molecule has 12 heavy (non-hydrogen) atoms. The SMILES string of the molecule is N#Cc1ccc(CBr)c(C#N)c1. The van der Waals surface area contributed by atoms with Crippen LogP contribution in [-0.4, -0.2) is 0 Å². The molecule has 58 valence electrons. The van der Waals surface area contributed by atoms with Crippen molar-refractivity contribution >= 4 is 15.9 Å². The van der Waals surface area contributed by atoms with E-state index >= 15 is 0 Å². The molecule has 0 fully saturated rings. The number of nitriles is 2. The van der Waals surface area contributed by atoms with Crippen LogP contribution in [0, 0.1) is 22.7 Å². The minimum atomic E-state index is 0.524. The minimum Gasteiger partial charge on any atom is -0.192 e. The average Bonchev–Trinajstić information content (AvgIpc) is 2.16. The van der Waals surface area contributed by atoms with Crippen molar-refractivity contribution in [3.05, 3.63) is 34.9 Å². The summed E-state index contributed by atoms with van der Waals surface area (Å²) in [5.41, 5.74) is 2.00. The van der Waals surface area contributed by atoms with Gasteiger partial charge < -0.3 is 0 Å². The van der Waals surface area contributed by atoms with E-state index in [1.54, 1.807) is 18.2 Å². The van der Waals surface area contributed by atoms with Crippen LogP contribution in [0.4, 0.5) is 0 Å². The maximum absolute atomic E-state index is 8.69. The quantitative estimate of drug-likeness (QED) is 0.683. The molecule has 0 aromatic heterocycles. The molecule has 0 amide bonds. The van der Waals surface area contributed by atoms with E-state index in [0.717, 1.165) is 5.56 Å². The number of rotatable bonds is 1. The summed E-state index contributed by atoms with van der Waals surface area (Å²) >= 11 is 3.26. The maximum Gasteiger partial charge on any atom is 0.0995 e. The van der Waals surface area contributed by atoms with Gasteiger partial charge in [0.15, 0.2) is 0 Å². The fraction of sp³-hybridized carbons (Fsp3) is 0.111. The van der Waals surface area contributed by atoms with Gasteiger partial charge in [-0.3, -0.25) is 0 Å². The van der Waals surface area contributed by atoms with Crippen LogP contribution in [-0.2, 0) is 5.33 Å². The summed E-state index contributed by atoms with van der Waals surface area (Å²) in [6.07, 6.45) is 0. The van der Waals surface area contributed by atoms with Crippen molar-refractivity contribution in [1.82, 2.24) is 0 Å². The van der Waals surface area contributed by atoms with E-state index in [-0.39, 0.29) is 0 Å². The van der Waals surface area contributed by atoms with E-state index < -0.39 is 0 Å². The number of hydrogen-bond donors (Lipinski definition) is 0. The molecule has 1 aromatic rings. The summed E-state index contributed by atoms with van der Waals surface area (Å²) in [5, 5.41) is 17.9. The third-order valence-electron chi connectivity index (χ3n) is 1.50. The molecule has 0 unspecified atom stereocenters. The van der Waals surface area contributed by atoms with E-state index in [2.05, 4.69) is 15.9 Å². The Hall–Kier alpha value is -1.32. The number of benzene rings is 1. The fourth-order valence-corrected chi connectivity index (χ4v) is 1.36. The highest BCUT2D eigenvalue weighted by Crippen LogP contribution is 2.13. The van der Waals surface area contributed by atoms with E-state index in [4.69, 9.17) is 10.5 Å². The van der Waals surface area contributed by atoms with Crippen LogP contribution in [0.15, 0.2) is 18.2 Å². The number of alkyl halides is 1. The normalized spacial score (nSPS) is 8.58. The Bertz CT molecular complexity index is 371. The Morgan fingerprint density at radius 3 is 2.50 bits per heavy atom. The molecular weight excluding hydrogens is 216 g/mol. The minimum absolute atomic E-state index is 0.524. The standard InChI is InChI=1S/C9H5BrN2/c10-4-8-2-1-7(5-11)3-9(8)6-12/h1-3H,4H2. The molecule has 0 saturated carbocycles. The molecule has 0 heterocycles. The summed E-state index contributed by atoms with van der Waals surface area (Å²) in [4.78, 5) is 0. The highest BCUT2D eigenvalue weighted by atomic mass is 79.9. The van der Waals surface area contributed by atoms with Crippen molar-refractivity contribution in [2.75, 3.05) is 0 Å². The zero-order valence-corrected chi connectivity index (χ0v) is 7.80. The van der Waals surface area contributed by atoms with Crippen LogP contribution in [0.25, 0.3) is 0 Å².